The summed E-state index contributed by atoms with van der Waals surface area (Å²) in [6.07, 6.45) is 0. The normalized spacial score (nSPS) is 13.5. The van der Waals surface area contributed by atoms with E-state index in [-0.39, 0.29) is 17.5 Å². The second kappa shape index (κ2) is 8.82. The van der Waals surface area contributed by atoms with Crippen LogP contribution in [0.2, 0.25) is 0 Å². The number of carbonyl (C=O) groups is 2. The lowest BCUT2D eigenvalue weighted by atomic mass is 10.0. The second-order valence-corrected chi connectivity index (χ2v) is 8.54. The molecule has 3 aromatic rings. The van der Waals surface area contributed by atoms with Crippen LogP contribution in [0.5, 0.6) is 0 Å². The predicted octanol–water partition coefficient (Wildman–Crippen LogP) is 4.52. The van der Waals surface area contributed by atoms with E-state index in [0.29, 0.717) is 16.8 Å². The lowest BCUT2D eigenvalue weighted by Gasteiger charge is -2.19. The predicted molar refractivity (Wildman–Crippen MR) is 136 cm³/mol. The summed E-state index contributed by atoms with van der Waals surface area (Å²) in [4.78, 5) is 32.4. The molecule has 2 amide bonds. The molecule has 168 valence electrons. The number of nitrogens with zero attached hydrogens (tertiary/aromatic N) is 3. The van der Waals surface area contributed by atoms with Gasteiger partial charge in [-0.05, 0) is 55.0 Å². The zero-order valence-electron chi connectivity index (χ0n) is 19.6. The van der Waals surface area contributed by atoms with Gasteiger partial charge in [0.05, 0.1) is 11.3 Å². The maximum atomic E-state index is 13.6. The summed E-state index contributed by atoms with van der Waals surface area (Å²) in [6, 6.07) is 22.8. The average molecular weight is 441 g/mol. The number of rotatable bonds is 6. The molecule has 0 spiro atoms. The van der Waals surface area contributed by atoms with Crippen molar-refractivity contribution in [3.05, 3.63) is 89.6 Å². The molecule has 0 saturated heterocycles. The Balaban J connectivity index is 1.78. The van der Waals surface area contributed by atoms with Gasteiger partial charge in [0, 0.05) is 45.3 Å². The minimum Gasteiger partial charge on any atom is -0.378 e. The number of hydrogen-bond acceptors (Lipinski definition) is 5. The summed E-state index contributed by atoms with van der Waals surface area (Å²) in [5, 5.41) is 3.23. The molecule has 0 bridgehead atoms. The van der Waals surface area contributed by atoms with Crippen molar-refractivity contribution in [3.8, 4) is 0 Å². The minimum absolute atomic E-state index is 0.275. The third kappa shape index (κ3) is 4.32. The molecule has 1 aliphatic heterocycles. The van der Waals surface area contributed by atoms with Gasteiger partial charge in [-0.25, -0.2) is 4.90 Å². The van der Waals surface area contributed by atoms with E-state index in [9.17, 15) is 9.59 Å². The van der Waals surface area contributed by atoms with Crippen LogP contribution in [-0.2, 0) is 9.59 Å². The van der Waals surface area contributed by atoms with Gasteiger partial charge in [-0.15, -0.1) is 0 Å². The highest BCUT2D eigenvalue weighted by molar-refractivity contribution is 6.46. The third-order valence-corrected chi connectivity index (χ3v) is 5.68. The minimum atomic E-state index is -0.372. The highest BCUT2D eigenvalue weighted by atomic mass is 16.2. The van der Waals surface area contributed by atoms with Crippen molar-refractivity contribution in [1.29, 1.82) is 0 Å². The van der Waals surface area contributed by atoms with Gasteiger partial charge >= 0.3 is 0 Å². The van der Waals surface area contributed by atoms with Gasteiger partial charge in [-0.3, -0.25) is 9.59 Å². The molecule has 0 saturated carbocycles. The Morgan fingerprint density at radius 1 is 0.727 bits per heavy atom. The zero-order valence-corrected chi connectivity index (χ0v) is 19.6. The van der Waals surface area contributed by atoms with Crippen LogP contribution in [0.15, 0.2) is 78.5 Å². The number of hydrogen-bond donors (Lipinski definition) is 1. The molecule has 0 fully saturated rings. The Kier molecular flexibility index (Phi) is 5.92. The summed E-state index contributed by atoms with van der Waals surface area (Å²) in [5.74, 6) is -0.713. The van der Waals surface area contributed by atoms with Crippen LogP contribution in [0.1, 0.15) is 11.1 Å². The smallest absolute Gasteiger partial charge is 0.282 e. The fourth-order valence-electron chi connectivity index (χ4n) is 3.77. The van der Waals surface area contributed by atoms with Gasteiger partial charge in [0.1, 0.15) is 5.70 Å². The van der Waals surface area contributed by atoms with E-state index in [1.165, 1.54) is 4.90 Å². The maximum absolute atomic E-state index is 13.6. The van der Waals surface area contributed by atoms with E-state index < -0.39 is 0 Å². The van der Waals surface area contributed by atoms with Crippen molar-refractivity contribution >= 4 is 40.1 Å². The Morgan fingerprint density at radius 2 is 1.36 bits per heavy atom. The van der Waals surface area contributed by atoms with E-state index >= 15 is 0 Å². The van der Waals surface area contributed by atoms with Crippen molar-refractivity contribution in [3.63, 3.8) is 0 Å². The molecule has 0 aliphatic carbocycles. The van der Waals surface area contributed by atoms with Crippen molar-refractivity contribution < 1.29 is 9.59 Å². The van der Waals surface area contributed by atoms with Gasteiger partial charge in [-0.1, -0.05) is 35.9 Å². The Bertz CT molecular complexity index is 1230. The summed E-state index contributed by atoms with van der Waals surface area (Å²) in [6.45, 7) is 1.99. The molecule has 4 rings (SSSR count). The fourth-order valence-corrected chi connectivity index (χ4v) is 3.77. The first-order valence-electron chi connectivity index (χ1n) is 10.8. The van der Waals surface area contributed by atoms with E-state index in [1.54, 1.807) is 6.07 Å². The maximum Gasteiger partial charge on any atom is 0.282 e. The lowest BCUT2D eigenvalue weighted by molar-refractivity contribution is -0.120. The third-order valence-electron chi connectivity index (χ3n) is 5.68. The number of amides is 2. The molecule has 0 unspecified atom stereocenters. The van der Waals surface area contributed by atoms with Gasteiger partial charge in [-0.2, -0.15) is 0 Å². The standard InChI is InChI=1S/C27H28N4O2/c1-18-9-11-19(12-10-18)24-25(28-20-13-15-21(16-14-20)29(2)3)27(33)31(26(24)32)23-8-6-7-22(17-23)30(4)5/h6-17,28H,1-5H3. The molecule has 0 atom stereocenters. The molecular formula is C27H28N4O2. The Morgan fingerprint density at radius 3 is 1.97 bits per heavy atom. The number of anilines is 4. The molecule has 3 aromatic carbocycles. The van der Waals surface area contributed by atoms with Crippen LogP contribution < -0.4 is 20.0 Å². The van der Waals surface area contributed by atoms with Crippen molar-refractivity contribution in [2.75, 3.05) is 48.2 Å². The van der Waals surface area contributed by atoms with Crippen LogP contribution >= 0.6 is 0 Å². The van der Waals surface area contributed by atoms with Crippen LogP contribution in [0.3, 0.4) is 0 Å². The molecule has 33 heavy (non-hydrogen) atoms. The number of imide groups is 1. The van der Waals surface area contributed by atoms with E-state index in [4.69, 9.17) is 0 Å². The number of carbonyl (C=O) groups excluding carboxylic acids is 2. The van der Waals surface area contributed by atoms with E-state index in [1.807, 2.05) is 112 Å². The highest BCUT2D eigenvalue weighted by Gasteiger charge is 2.40. The monoisotopic (exact) mass is 440 g/mol. The first-order chi connectivity index (χ1) is 15.8. The topological polar surface area (TPSA) is 55.9 Å². The zero-order chi connectivity index (χ0) is 23.7. The summed E-state index contributed by atoms with van der Waals surface area (Å²) < 4.78 is 0. The highest BCUT2D eigenvalue weighted by Crippen LogP contribution is 2.35. The van der Waals surface area contributed by atoms with E-state index in [0.717, 1.165) is 22.6 Å². The van der Waals surface area contributed by atoms with Gasteiger partial charge in [0.15, 0.2) is 0 Å². The second-order valence-electron chi connectivity index (χ2n) is 8.54. The molecule has 6 nitrogen and oxygen atoms in total. The van der Waals surface area contributed by atoms with Gasteiger partial charge in [0.25, 0.3) is 11.8 Å². The van der Waals surface area contributed by atoms with Crippen LogP contribution in [0.4, 0.5) is 22.7 Å². The number of benzene rings is 3. The molecule has 1 heterocycles. The molecule has 0 aromatic heterocycles. The molecule has 1 N–H and O–H groups in total. The van der Waals surface area contributed by atoms with Gasteiger partial charge < -0.3 is 15.1 Å². The fraction of sp³-hybridized carbons (Fsp3) is 0.185. The first-order valence-corrected chi connectivity index (χ1v) is 10.8. The van der Waals surface area contributed by atoms with Crippen LogP contribution in [0, 0.1) is 6.92 Å². The summed E-state index contributed by atoms with van der Waals surface area (Å²) >= 11 is 0. The summed E-state index contributed by atoms with van der Waals surface area (Å²) in [5.41, 5.74) is 5.67. The van der Waals surface area contributed by atoms with Crippen LogP contribution in [0.25, 0.3) is 5.57 Å². The molecule has 1 aliphatic rings. The molecular weight excluding hydrogens is 412 g/mol. The first kappa shape index (κ1) is 22.1. The van der Waals surface area contributed by atoms with Crippen molar-refractivity contribution in [2.45, 2.75) is 6.92 Å². The SMILES string of the molecule is Cc1ccc(C2=C(Nc3ccc(N(C)C)cc3)C(=O)N(c3cccc(N(C)C)c3)C2=O)cc1. The quantitative estimate of drug-likeness (QED) is 0.571. The average Bonchev–Trinajstić information content (AvgIpc) is 3.04. The van der Waals surface area contributed by atoms with Crippen molar-refractivity contribution in [2.24, 2.45) is 0 Å². The molecule has 0 radical (unpaired) electrons. The largest absolute Gasteiger partial charge is 0.378 e. The summed E-state index contributed by atoms with van der Waals surface area (Å²) in [7, 11) is 7.79. The number of nitrogens with one attached hydrogen (secondary N) is 1. The van der Waals surface area contributed by atoms with Gasteiger partial charge in [0.2, 0.25) is 0 Å². The molecule has 6 heteroatoms. The number of aryl methyl sites for hydroxylation is 1. The Hall–Kier alpha value is -4.06. The van der Waals surface area contributed by atoms with E-state index in [2.05, 4.69) is 5.32 Å². The van der Waals surface area contributed by atoms with Crippen molar-refractivity contribution in [1.82, 2.24) is 0 Å². The van der Waals surface area contributed by atoms with Crippen LogP contribution in [-0.4, -0.2) is 40.0 Å². The Labute approximate surface area is 194 Å². The lowest BCUT2D eigenvalue weighted by Crippen LogP contribution is -2.32.